The van der Waals surface area contributed by atoms with E-state index in [-0.39, 0.29) is 97.4 Å². The Hall–Kier alpha value is -11.2. The van der Waals surface area contributed by atoms with Crippen LogP contribution < -0.4 is 11.5 Å². The van der Waals surface area contributed by atoms with E-state index in [1.165, 1.54) is 72.8 Å². The van der Waals surface area contributed by atoms with Crippen molar-refractivity contribution >= 4 is 80.1 Å². The Balaban J connectivity index is 0.000000192. The molecule has 0 radical (unpaired) electrons. The molecule has 0 bridgehead atoms. The molecule has 8 aliphatic carbocycles. The van der Waals surface area contributed by atoms with Gasteiger partial charge in [0.25, 0.3) is 0 Å². The van der Waals surface area contributed by atoms with Gasteiger partial charge in [-0.05, 0) is 217 Å². The van der Waals surface area contributed by atoms with Crippen LogP contribution in [0, 0.1) is 57.2 Å². The molecule has 20 nitrogen and oxygen atoms in total. The Bertz CT molecular complexity index is 5380. The van der Waals surface area contributed by atoms with Gasteiger partial charge in [0.2, 0.25) is 11.6 Å². The van der Waals surface area contributed by atoms with Crippen molar-refractivity contribution in [1.82, 2.24) is 0 Å². The minimum atomic E-state index is -2.11. The second kappa shape index (κ2) is 34.0. The van der Waals surface area contributed by atoms with E-state index in [9.17, 15) is 68.4 Å². The zero-order valence-corrected chi connectivity index (χ0v) is 70.3. The number of nitrogens with two attached hydrogens (primary N) is 2. The third-order valence-corrected chi connectivity index (χ3v) is 29.8. The lowest BCUT2D eigenvalue weighted by Gasteiger charge is -2.62. The molecule has 644 valence electrons. The number of carbonyl (C=O) groups is 10. The first-order valence-corrected chi connectivity index (χ1v) is 42.7. The quantitative estimate of drug-likeness (QED) is 0.0242. The molecule has 0 saturated heterocycles. The fourth-order valence-corrected chi connectivity index (χ4v) is 22.8. The predicted octanol–water partition coefficient (Wildman–Crippen LogP) is 14.2. The lowest BCUT2D eigenvalue weighted by Crippen LogP contribution is -2.69. The van der Waals surface area contributed by atoms with Gasteiger partial charge in [0.1, 0.15) is 36.0 Å². The van der Waals surface area contributed by atoms with Crippen LogP contribution in [0.3, 0.4) is 0 Å². The van der Waals surface area contributed by atoms with Gasteiger partial charge in [-0.3, -0.25) is 28.8 Å². The van der Waals surface area contributed by atoms with Crippen molar-refractivity contribution in [2.45, 2.75) is 166 Å². The maximum absolute atomic E-state index is 17.5. The zero-order chi connectivity index (χ0) is 88.4. The van der Waals surface area contributed by atoms with Crippen LogP contribution in [0.1, 0.15) is 180 Å². The fraction of sp³-hybridized carbons (Fsp3) is 0.392. The fourth-order valence-electron chi connectivity index (χ4n) is 22.8. The van der Waals surface area contributed by atoms with Gasteiger partial charge in [-0.1, -0.05) is 184 Å². The number of benzene rings is 8. The van der Waals surface area contributed by atoms with E-state index in [1.54, 1.807) is 78.0 Å². The van der Waals surface area contributed by atoms with Crippen LogP contribution in [0.25, 0.3) is 21.5 Å². The average Bonchev–Trinajstić information content (AvgIpc) is 1.42. The molecule has 8 N–H and O–H groups in total. The number of esters is 4. The number of alkyl halides is 2. The highest BCUT2D eigenvalue weighted by molar-refractivity contribution is 6.03. The molecule has 0 spiro atoms. The first-order chi connectivity index (χ1) is 59.1. The molecular weight excluding hydrogens is 1580 g/mol. The highest BCUT2D eigenvalue weighted by Gasteiger charge is 2.78. The van der Waals surface area contributed by atoms with Crippen LogP contribution in [0.2, 0.25) is 0 Å². The normalized spacial score (nSPS) is 30.4. The third kappa shape index (κ3) is 15.2. The molecule has 6 fully saturated rings. The molecule has 0 heterocycles. The zero-order valence-electron chi connectivity index (χ0n) is 70.3. The monoisotopic (exact) mass is 1680 g/mol. The van der Waals surface area contributed by atoms with Crippen molar-refractivity contribution in [1.29, 1.82) is 0 Å². The molecular formula is C102H104F2N2O18. The van der Waals surface area contributed by atoms with E-state index in [1.807, 2.05) is 109 Å². The summed E-state index contributed by atoms with van der Waals surface area (Å²) in [5, 5.41) is 52.1. The molecule has 1 unspecified atom stereocenters. The summed E-state index contributed by atoms with van der Waals surface area (Å²) in [6, 6.07) is 53.4. The third-order valence-electron chi connectivity index (χ3n) is 29.8. The maximum Gasteiger partial charge on any atom is 0.338 e. The second-order valence-corrected chi connectivity index (χ2v) is 36.4. The van der Waals surface area contributed by atoms with E-state index in [0.29, 0.717) is 60.8 Å². The number of allylic oxidation sites excluding steroid dienone is 8. The summed E-state index contributed by atoms with van der Waals surface area (Å²) >= 11 is 0. The lowest BCUT2D eigenvalue weighted by atomic mass is 9.44. The highest BCUT2D eigenvalue weighted by Crippen LogP contribution is 2.73. The minimum absolute atomic E-state index is 0.00795. The molecule has 16 rings (SSSR count). The van der Waals surface area contributed by atoms with Gasteiger partial charge in [0.15, 0.2) is 36.1 Å². The van der Waals surface area contributed by atoms with Crippen LogP contribution in [0.5, 0.6) is 0 Å². The van der Waals surface area contributed by atoms with Crippen LogP contribution >= 0.6 is 0 Å². The number of hydrogen-bond donors (Lipinski definition) is 6. The standard InChI is InChI=1S/2C51H52FNO9/c2*1-30-22-42-41-19-18-38-25-39(54)20-21-48(38,2)50(41,52)44(56)26-49(42,3)51(30,60)45(57)29-62-47(59)36-16-14-35(15-17-36)46(58)61-28-31-8-12-34(13-9-31)40(27-53)43(55)24-32-10-11-33-6-4-5-7-37(33)23-32/h2*4-17,20-21,23,25,30,40-42,44,56,60H,18-19,22,24,26-29,53H2,1-3H3/t30-,40?,41+,42+,44+,48+,49+,50+,51+;30-,40-,41+,42+,44+,48+,49+,50+,51+/m11/s1. The van der Waals surface area contributed by atoms with Crippen LogP contribution in [-0.4, -0.2) is 140 Å². The summed E-state index contributed by atoms with van der Waals surface area (Å²) in [7, 11) is 0. The smallest absolute Gasteiger partial charge is 0.338 e. The SMILES string of the molecule is C[C@@H]1C[C@H]2[C@@H]3CCC4=CC(=O)C=C[C@]4(C)[C@@]3(F)[C@@H](O)C[C@]2(C)[C@@]1(O)C(=O)COC(=O)c1ccc(C(=O)OCc2ccc(C(CN)C(=O)Cc3ccc4ccccc4c3)cc2)cc1.C[C@@H]1C[C@H]2[C@@H]3CCC4=CC(=O)C=C[C@]4(C)[C@@]3(F)[C@@H](O)C[C@]2(C)[C@@]1(O)C(=O)COC(=O)c1ccc(C(=O)OCc2ccc([C@@H](CN)C(=O)Cc3ccc4ccccc4c3)cc2)cc1. The summed E-state index contributed by atoms with van der Waals surface area (Å²) < 4.78 is 56.9. The lowest BCUT2D eigenvalue weighted by molar-refractivity contribution is -0.219. The van der Waals surface area contributed by atoms with Crippen molar-refractivity contribution in [3.63, 3.8) is 0 Å². The summed E-state index contributed by atoms with van der Waals surface area (Å²) in [6.45, 7) is 9.06. The average molecular weight is 1680 g/mol. The summed E-state index contributed by atoms with van der Waals surface area (Å²) in [5.41, 5.74) is 5.59. The van der Waals surface area contributed by atoms with Crippen molar-refractivity contribution in [3.05, 3.63) is 285 Å². The van der Waals surface area contributed by atoms with Gasteiger partial charge in [0.05, 0.1) is 46.3 Å². The number of ketones is 6. The highest BCUT2D eigenvalue weighted by atomic mass is 19.1. The molecule has 124 heavy (non-hydrogen) atoms. The molecule has 8 aromatic carbocycles. The molecule has 0 amide bonds. The van der Waals surface area contributed by atoms with Gasteiger partial charge in [-0.25, -0.2) is 28.0 Å². The number of rotatable bonds is 24. The van der Waals surface area contributed by atoms with Crippen molar-refractivity contribution in [2.24, 2.45) is 68.6 Å². The van der Waals surface area contributed by atoms with Crippen LogP contribution in [0.15, 0.2) is 230 Å². The van der Waals surface area contributed by atoms with Gasteiger partial charge < -0.3 is 50.8 Å². The molecule has 8 aliphatic rings. The minimum Gasteiger partial charge on any atom is -0.457 e. The van der Waals surface area contributed by atoms with Gasteiger partial charge in [-0.2, -0.15) is 0 Å². The summed E-state index contributed by atoms with van der Waals surface area (Å²) in [6.07, 6.45) is 8.09. The van der Waals surface area contributed by atoms with Crippen molar-refractivity contribution in [3.8, 4) is 0 Å². The number of ether oxygens (including phenoxy) is 4. The second-order valence-electron chi connectivity index (χ2n) is 36.4. The molecule has 8 aromatic rings. The van der Waals surface area contributed by atoms with Gasteiger partial charge in [-0.15, -0.1) is 0 Å². The molecule has 22 heteroatoms. The van der Waals surface area contributed by atoms with Gasteiger partial charge >= 0.3 is 23.9 Å². The largest absolute Gasteiger partial charge is 0.457 e. The Morgan fingerprint density at radius 2 is 0.758 bits per heavy atom. The molecule has 0 aromatic heterocycles. The van der Waals surface area contributed by atoms with E-state index in [4.69, 9.17) is 30.4 Å². The Labute approximate surface area is 718 Å². The first kappa shape index (κ1) is 87.7. The number of aliphatic hydroxyl groups is 4. The van der Waals surface area contributed by atoms with E-state index < -0.39 is 152 Å². The summed E-state index contributed by atoms with van der Waals surface area (Å²) in [5.74, 6) is -9.33. The number of carbonyl (C=O) groups excluding carboxylic acids is 10. The predicted molar refractivity (Wildman–Crippen MR) is 459 cm³/mol. The van der Waals surface area contributed by atoms with Crippen molar-refractivity contribution < 1.29 is 96.1 Å². The number of halogens is 2. The van der Waals surface area contributed by atoms with Crippen LogP contribution in [-0.2, 0) is 73.8 Å². The van der Waals surface area contributed by atoms with Gasteiger partial charge in [0, 0.05) is 59.4 Å². The summed E-state index contributed by atoms with van der Waals surface area (Å²) in [4.78, 5) is 131. The van der Waals surface area contributed by atoms with Crippen molar-refractivity contribution in [2.75, 3.05) is 26.3 Å². The Morgan fingerprint density at radius 3 is 1.10 bits per heavy atom. The first-order valence-electron chi connectivity index (χ1n) is 42.7. The number of fused-ring (bicyclic) bond motifs is 12. The van der Waals surface area contributed by atoms with E-state index in [0.717, 1.165) is 43.8 Å². The molecule has 18 atom stereocenters. The number of aliphatic hydroxyl groups excluding tert-OH is 2. The maximum atomic E-state index is 17.5. The Kier molecular flexibility index (Phi) is 24.0. The number of Topliss-reactive ketones (excluding diaryl/α,β-unsaturated/α-hetero) is 4. The molecule has 0 aliphatic heterocycles. The topological polar surface area (TPSA) is 341 Å². The van der Waals surface area contributed by atoms with Crippen LogP contribution in [0.4, 0.5) is 8.78 Å². The van der Waals surface area contributed by atoms with E-state index in [2.05, 4.69) is 0 Å². The van der Waals surface area contributed by atoms with E-state index >= 15 is 8.78 Å². The molecule has 6 saturated carbocycles. The number of hydrogen-bond acceptors (Lipinski definition) is 20. The Morgan fingerprint density at radius 1 is 0.435 bits per heavy atom.